The van der Waals surface area contributed by atoms with E-state index in [9.17, 15) is 4.79 Å². The topological polar surface area (TPSA) is 85.8 Å². The van der Waals surface area contributed by atoms with Gasteiger partial charge in [0.1, 0.15) is 12.7 Å². The first-order chi connectivity index (χ1) is 8.65. The molecule has 6 nitrogen and oxygen atoms in total. The average molecular weight is 251 g/mol. The Morgan fingerprint density at radius 1 is 1.61 bits per heavy atom. The van der Waals surface area contributed by atoms with Crippen LogP contribution >= 0.6 is 0 Å². The molecule has 0 radical (unpaired) electrons. The quantitative estimate of drug-likeness (QED) is 0.788. The van der Waals surface area contributed by atoms with E-state index in [0.717, 1.165) is 19.3 Å². The van der Waals surface area contributed by atoms with Crippen LogP contribution in [0.2, 0.25) is 0 Å². The summed E-state index contributed by atoms with van der Waals surface area (Å²) in [5, 5.41) is 7.00. The van der Waals surface area contributed by atoms with E-state index in [1.165, 1.54) is 6.33 Å². The number of nitrogens with zero attached hydrogens (tertiary/aromatic N) is 3. The molecule has 1 aromatic heterocycles. The van der Waals surface area contributed by atoms with Crippen LogP contribution in [-0.2, 0) is 11.3 Å². The highest BCUT2D eigenvalue weighted by atomic mass is 16.1. The Bertz CT molecular complexity index is 378. The van der Waals surface area contributed by atoms with Gasteiger partial charge in [-0.05, 0) is 25.7 Å². The molecule has 6 heteroatoms. The first kappa shape index (κ1) is 13.0. The smallest absolute Gasteiger partial charge is 0.220 e. The molecule has 0 spiro atoms. The standard InChI is InChI=1S/C12H21N5O/c1-9(6-17-8-14-7-15-17)16-12(18)5-10-3-2-4-11(10)13/h7-11H,2-6,13H2,1H3,(H,16,18)/t9?,10-,11+/m0/s1. The molecule has 0 aliphatic heterocycles. The average Bonchev–Trinajstić information content (AvgIpc) is 2.91. The Labute approximate surface area is 107 Å². The van der Waals surface area contributed by atoms with E-state index >= 15 is 0 Å². The predicted molar refractivity (Wildman–Crippen MR) is 67.6 cm³/mol. The number of nitrogens with one attached hydrogen (secondary N) is 1. The summed E-state index contributed by atoms with van der Waals surface area (Å²) in [7, 11) is 0. The zero-order valence-electron chi connectivity index (χ0n) is 10.7. The van der Waals surface area contributed by atoms with E-state index in [1.807, 2.05) is 6.92 Å². The third-order valence-electron chi connectivity index (χ3n) is 3.50. The number of carbonyl (C=O) groups is 1. The van der Waals surface area contributed by atoms with Crippen molar-refractivity contribution in [2.75, 3.05) is 0 Å². The van der Waals surface area contributed by atoms with Crippen molar-refractivity contribution < 1.29 is 4.79 Å². The van der Waals surface area contributed by atoms with Crippen LogP contribution in [0.4, 0.5) is 0 Å². The third kappa shape index (κ3) is 3.53. The number of aromatic nitrogens is 3. The van der Waals surface area contributed by atoms with Crippen LogP contribution in [0.3, 0.4) is 0 Å². The predicted octanol–water partition coefficient (Wildman–Crippen LogP) is 0.300. The maximum Gasteiger partial charge on any atom is 0.220 e. The molecule has 1 heterocycles. The molecule has 100 valence electrons. The Kier molecular flexibility index (Phi) is 4.30. The number of amides is 1. The lowest BCUT2D eigenvalue weighted by Crippen LogP contribution is -2.38. The summed E-state index contributed by atoms with van der Waals surface area (Å²) in [4.78, 5) is 15.7. The molecule has 1 fully saturated rings. The second kappa shape index (κ2) is 5.95. The molecule has 3 atom stereocenters. The van der Waals surface area contributed by atoms with E-state index in [2.05, 4.69) is 15.4 Å². The van der Waals surface area contributed by atoms with Crippen LogP contribution in [-0.4, -0.2) is 32.8 Å². The lowest BCUT2D eigenvalue weighted by atomic mass is 10.00. The van der Waals surface area contributed by atoms with Crippen molar-refractivity contribution in [3.63, 3.8) is 0 Å². The van der Waals surface area contributed by atoms with E-state index in [-0.39, 0.29) is 18.0 Å². The highest BCUT2D eigenvalue weighted by Crippen LogP contribution is 2.26. The fraction of sp³-hybridized carbons (Fsp3) is 0.750. The number of hydrogen-bond donors (Lipinski definition) is 2. The summed E-state index contributed by atoms with van der Waals surface area (Å²) in [5.41, 5.74) is 5.97. The molecule has 0 bridgehead atoms. The minimum atomic E-state index is 0.0526. The Balaban J connectivity index is 1.73. The van der Waals surface area contributed by atoms with Crippen LogP contribution < -0.4 is 11.1 Å². The van der Waals surface area contributed by atoms with Gasteiger partial charge in [-0.15, -0.1) is 0 Å². The molecule has 1 aliphatic rings. The van der Waals surface area contributed by atoms with Gasteiger partial charge in [-0.1, -0.05) is 6.42 Å². The van der Waals surface area contributed by atoms with Gasteiger partial charge in [0.2, 0.25) is 5.91 Å². The van der Waals surface area contributed by atoms with E-state index in [4.69, 9.17) is 5.73 Å². The molecule has 0 aromatic carbocycles. The molecule has 3 N–H and O–H groups in total. The molecular formula is C12H21N5O. The summed E-state index contributed by atoms with van der Waals surface area (Å²) >= 11 is 0. The molecule has 2 rings (SSSR count). The van der Waals surface area contributed by atoms with Crippen molar-refractivity contribution in [1.29, 1.82) is 0 Å². The molecule has 0 saturated heterocycles. The summed E-state index contributed by atoms with van der Waals surface area (Å²) < 4.78 is 1.71. The molecule has 1 saturated carbocycles. The summed E-state index contributed by atoms with van der Waals surface area (Å²) in [6, 6.07) is 0.248. The second-order valence-corrected chi connectivity index (χ2v) is 5.15. The van der Waals surface area contributed by atoms with E-state index < -0.39 is 0 Å². The van der Waals surface area contributed by atoms with Crippen LogP contribution in [0.5, 0.6) is 0 Å². The molecular weight excluding hydrogens is 230 g/mol. The Morgan fingerprint density at radius 2 is 2.44 bits per heavy atom. The molecule has 1 amide bonds. The van der Waals surface area contributed by atoms with E-state index in [0.29, 0.717) is 18.9 Å². The number of rotatable bonds is 5. The lowest BCUT2D eigenvalue weighted by molar-refractivity contribution is -0.122. The van der Waals surface area contributed by atoms with Crippen molar-refractivity contribution in [3.8, 4) is 0 Å². The lowest BCUT2D eigenvalue weighted by Gasteiger charge is -2.18. The van der Waals surface area contributed by atoms with Crippen molar-refractivity contribution >= 4 is 5.91 Å². The fourth-order valence-corrected chi connectivity index (χ4v) is 2.54. The second-order valence-electron chi connectivity index (χ2n) is 5.15. The van der Waals surface area contributed by atoms with Crippen LogP contribution in [0, 0.1) is 5.92 Å². The van der Waals surface area contributed by atoms with Gasteiger partial charge in [0.05, 0.1) is 6.54 Å². The zero-order chi connectivity index (χ0) is 13.0. The highest BCUT2D eigenvalue weighted by molar-refractivity contribution is 5.76. The maximum atomic E-state index is 11.9. The van der Waals surface area contributed by atoms with E-state index in [1.54, 1.807) is 11.0 Å². The zero-order valence-corrected chi connectivity index (χ0v) is 10.7. The van der Waals surface area contributed by atoms with Gasteiger partial charge in [0.25, 0.3) is 0 Å². The summed E-state index contributed by atoms with van der Waals surface area (Å²) in [6.07, 6.45) is 6.95. The molecule has 18 heavy (non-hydrogen) atoms. The Hall–Kier alpha value is -1.43. The normalized spacial score (nSPS) is 25.0. The van der Waals surface area contributed by atoms with Crippen LogP contribution in [0.25, 0.3) is 0 Å². The van der Waals surface area contributed by atoms with Crippen LogP contribution in [0.15, 0.2) is 12.7 Å². The molecule has 1 unspecified atom stereocenters. The molecule has 1 aliphatic carbocycles. The minimum Gasteiger partial charge on any atom is -0.352 e. The third-order valence-corrected chi connectivity index (χ3v) is 3.50. The van der Waals surface area contributed by atoms with Gasteiger partial charge in [-0.25, -0.2) is 4.98 Å². The first-order valence-electron chi connectivity index (χ1n) is 6.52. The fourth-order valence-electron chi connectivity index (χ4n) is 2.54. The van der Waals surface area contributed by atoms with Gasteiger partial charge in [0, 0.05) is 18.5 Å². The number of nitrogens with two attached hydrogens (primary N) is 1. The Morgan fingerprint density at radius 3 is 3.06 bits per heavy atom. The van der Waals surface area contributed by atoms with Crippen molar-refractivity contribution in [2.45, 2.75) is 51.2 Å². The van der Waals surface area contributed by atoms with Crippen molar-refractivity contribution in [1.82, 2.24) is 20.1 Å². The number of carbonyl (C=O) groups excluding carboxylic acids is 1. The first-order valence-corrected chi connectivity index (χ1v) is 6.52. The van der Waals surface area contributed by atoms with Gasteiger partial charge >= 0.3 is 0 Å². The van der Waals surface area contributed by atoms with Crippen molar-refractivity contribution in [3.05, 3.63) is 12.7 Å². The molecule has 1 aromatic rings. The summed E-state index contributed by atoms with van der Waals surface area (Å²) in [6.45, 7) is 2.61. The largest absolute Gasteiger partial charge is 0.352 e. The minimum absolute atomic E-state index is 0.0526. The van der Waals surface area contributed by atoms with Gasteiger partial charge in [-0.2, -0.15) is 5.10 Å². The number of hydrogen-bond acceptors (Lipinski definition) is 4. The highest BCUT2D eigenvalue weighted by Gasteiger charge is 2.26. The van der Waals surface area contributed by atoms with Crippen LogP contribution in [0.1, 0.15) is 32.6 Å². The maximum absolute atomic E-state index is 11.9. The van der Waals surface area contributed by atoms with Crippen molar-refractivity contribution in [2.24, 2.45) is 11.7 Å². The van der Waals surface area contributed by atoms with Gasteiger partial charge in [-0.3, -0.25) is 9.48 Å². The summed E-state index contributed by atoms with van der Waals surface area (Å²) in [5.74, 6) is 0.438. The van der Waals surface area contributed by atoms with Gasteiger partial charge < -0.3 is 11.1 Å². The van der Waals surface area contributed by atoms with Gasteiger partial charge in [0.15, 0.2) is 0 Å². The SMILES string of the molecule is CC(Cn1cncn1)NC(=O)C[C@@H]1CCC[C@H]1N. The monoisotopic (exact) mass is 251 g/mol.